The maximum atomic E-state index is 13.7. The SMILES string of the molecule is CC(=O)N(C)C1(c2ccccc2)CCN(N(C)C(=O)c2ccccc2CCCCc2ccc(Cl)c(Cl)c2)CC1.Cl.O. The highest BCUT2D eigenvalue weighted by Crippen LogP contribution is 2.38. The number of halogens is 3. The largest absolute Gasteiger partial charge is 0.412 e. The number of benzene rings is 3. The molecule has 0 radical (unpaired) electrons. The molecule has 6 nitrogen and oxygen atoms in total. The van der Waals surface area contributed by atoms with Crippen molar-refractivity contribution in [3.05, 3.63) is 105 Å². The highest BCUT2D eigenvalue weighted by molar-refractivity contribution is 6.42. The van der Waals surface area contributed by atoms with E-state index in [2.05, 4.69) is 23.2 Å². The van der Waals surface area contributed by atoms with E-state index in [0.29, 0.717) is 23.1 Å². The van der Waals surface area contributed by atoms with Gasteiger partial charge in [0.15, 0.2) is 0 Å². The van der Waals surface area contributed by atoms with Crippen LogP contribution in [0.4, 0.5) is 0 Å². The van der Waals surface area contributed by atoms with Gasteiger partial charge >= 0.3 is 0 Å². The normalized spacial score (nSPS) is 14.4. The molecule has 0 saturated carbocycles. The quantitative estimate of drug-likeness (QED) is 0.253. The summed E-state index contributed by atoms with van der Waals surface area (Å²) in [4.78, 5) is 27.9. The highest BCUT2D eigenvalue weighted by atomic mass is 35.5. The van der Waals surface area contributed by atoms with Gasteiger partial charge in [-0.3, -0.25) is 14.6 Å². The summed E-state index contributed by atoms with van der Waals surface area (Å²) in [6.07, 6.45) is 5.21. The van der Waals surface area contributed by atoms with Crippen LogP contribution in [0.25, 0.3) is 0 Å². The minimum Gasteiger partial charge on any atom is -0.412 e. The molecular weight excluding hydrogens is 581 g/mol. The van der Waals surface area contributed by atoms with Gasteiger partial charge in [-0.15, -0.1) is 12.4 Å². The Morgan fingerprint density at radius 3 is 2.10 bits per heavy atom. The van der Waals surface area contributed by atoms with E-state index in [1.54, 1.807) is 11.9 Å². The van der Waals surface area contributed by atoms with Gasteiger partial charge in [-0.25, -0.2) is 5.01 Å². The van der Waals surface area contributed by atoms with Gasteiger partial charge in [0.05, 0.1) is 15.6 Å². The lowest BCUT2D eigenvalue weighted by Crippen LogP contribution is -2.57. The summed E-state index contributed by atoms with van der Waals surface area (Å²) in [7, 11) is 3.74. The van der Waals surface area contributed by atoms with E-state index in [9.17, 15) is 9.59 Å². The van der Waals surface area contributed by atoms with Crippen LogP contribution in [0.5, 0.6) is 0 Å². The van der Waals surface area contributed by atoms with E-state index in [0.717, 1.165) is 55.2 Å². The molecule has 3 aromatic carbocycles. The number of aryl methyl sites for hydroxylation is 2. The topological polar surface area (TPSA) is 75.4 Å². The maximum absolute atomic E-state index is 13.7. The van der Waals surface area contributed by atoms with Gasteiger partial charge < -0.3 is 10.4 Å². The van der Waals surface area contributed by atoms with Crippen molar-refractivity contribution in [2.24, 2.45) is 0 Å². The number of rotatable bonds is 9. The zero-order valence-corrected chi connectivity index (χ0v) is 26.2. The fraction of sp³-hybridized carbons (Fsp3) is 0.375. The lowest BCUT2D eigenvalue weighted by molar-refractivity contribution is -0.138. The van der Waals surface area contributed by atoms with Gasteiger partial charge in [-0.1, -0.05) is 77.8 Å². The Morgan fingerprint density at radius 1 is 0.854 bits per heavy atom. The van der Waals surface area contributed by atoms with Gasteiger partial charge in [-0.2, -0.15) is 0 Å². The first-order valence-corrected chi connectivity index (χ1v) is 14.3. The van der Waals surface area contributed by atoms with E-state index in [1.807, 2.05) is 73.6 Å². The minimum atomic E-state index is -0.375. The molecule has 1 aliphatic heterocycles. The van der Waals surface area contributed by atoms with Crippen LogP contribution in [0.2, 0.25) is 10.0 Å². The minimum absolute atomic E-state index is 0. The number of hydrazine groups is 1. The Kier molecular flexibility index (Phi) is 13.1. The molecule has 3 aromatic rings. The predicted octanol–water partition coefficient (Wildman–Crippen LogP) is 6.61. The summed E-state index contributed by atoms with van der Waals surface area (Å²) < 4.78 is 0. The van der Waals surface area contributed by atoms with Crippen molar-refractivity contribution in [3.8, 4) is 0 Å². The number of unbranched alkanes of at least 4 members (excludes halogenated alkanes) is 1. The van der Waals surface area contributed by atoms with Crippen LogP contribution in [-0.4, -0.2) is 59.4 Å². The van der Waals surface area contributed by atoms with Crippen molar-refractivity contribution in [2.75, 3.05) is 27.2 Å². The van der Waals surface area contributed by atoms with Crippen molar-refractivity contribution in [2.45, 2.75) is 51.0 Å². The van der Waals surface area contributed by atoms with Crippen molar-refractivity contribution in [3.63, 3.8) is 0 Å². The molecule has 0 atom stereocenters. The van der Waals surface area contributed by atoms with Gasteiger partial charge in [0.25, 0.3) is 5.91 Å². The van der Waals surface area contributed by atoms with E-state index in [1.165, 1.54) is 5.56 Å². The number of carbonyl (C=O) groups is 2. The molecule has 4 rings (SSSR count). The second-order valence-corrected chi connectivity index (χ2v) is 11.2. The van der Waals surface area contributed by atoms with Crippen LogP contribution in [0.15, 0.2) is 72.8 Å². The van der Waals surface area contributed by atoms with Crippen molar-refractivity contribution >= 4 is 47.4 Å². The van der Waals surface area contributed by atoms with Crippen LogP contribution in [-0.2, 0) is 23.2 Å². The van der Waals surface area contributed by atoms with E-state index in [4.69, 9.17) is 23.2 Å². The van der Waals surface area contributed by atoms with Gasteiger partial charge in [0, 0.05) is 39.7 Å². The number of piperidine rings is 1. The van der Waals surface area contributed by atoms with Gasteiger partial charge in [-0.05, 0) is 73.4 Å². The van der Waals surface area contributed by atoms with Crippen molar-refractivity contribution in [1.29, 1.82) is 0 Å². The lowest BCUT2D eigenvalue weighted by atomic mass is 9.79. The van der Waals surface area contributed by atoms with Gasteiger partial charge in [0.1, 0.15) is 0 Å². The Hall–Kier alpha value is -2.61. The molecule has 2 amide bonds. The third kappa shape index (κ3) is 8.02. The van der Waals surface area contributed by atoms with Crippen LogP contribution in [0.3, 0.4) is 0 Å². The first-order chi connectivity index (χ1) is 18.7. The zero-order valence-electron chi connectivity index (χ0n) is 23.9. The molecule has 0 aliphatic carbocycles. The molecule has 1 fully saturated rings. The second kappa shape index (κ2) is 15.6. The summed E-state index contributed by atoms with van der Waals surface area (Å²) in [5.41, 5.74) is 3.74. The van der Waals surface area contributed by atoms with E-state index >= 15 is 0 Å². The molecule has 0 unspecified atom stereocenters. The second-order valence-electron chi connectivity index (χ2n) is 10.4. The first kappa shape index (κ1) is 34.6. The first-order valence-electron chi connectivity index (χ1n) is 13.6. The van der Waals surface area contributed by atoms with Crippen molar-refractivity contribution < 1.29 is 15.1 Å². The van der Waals surface area contributed by atoms with Crippen LogP contribution < -0.4 is 0 Å². The van der Waals surface area contributed by atoms with Crippen LogP contribution in [0, 0.1) is 0 Å². The van der Waals surface area contributed by atoms with Crippen LogP contribution >= 0.6 is 35.6 Å². The Balaban J connectivity index is 0.00000294. The summed E-state index contributed by atoms with van der Waals surface area (Å²) in [6.45, 7) is 2.98. The molecule has 41 heavy (non-hydrogen) atoms. The standard InChI is InChI=1S/C32H37Cl2N3O2.ClH.H2O/c1-24(38)35(2)32(27-14-5-4-6-15-27)19-21-37(22-20-32)36(3)31(39)28-16-10-9-13-26(28)12-8-7-11-25-17-18-29(33)30(34)23-25;;/h4-6,9-10,13-18,23H,7-8,11-12,19-22H2,1-3H3;1H;1H2. The Labute approximate surface area is 259 Å². The lowest BCUT2D eigenvalue weighted by Gasteiger charge is -2.49. The molecule has 222 valence electrons. The molecule has 9 heteroatoms. The summed E-state index contributed by atoms with van der Waals surface area (Å²) >= 11 is 12.2. The summed E-state index contributed by atoms with van der Waals surface area (Å²) in [5.74, 6) is 0.0482. The molecule has 2 N–H and O–H groups in total. The fourth-order valence-electron chi connectivity index (χ4n) is 5.62. The third-order valence-electron chi connectivity index (χ3n) is 8.10. The van der Waals surface area contributed by atoms with Crippen molar-refractivity contribution in [1.82, 2.24) is 14.9 Å². The number of amides is 2. The average molecular weight is 621 g/mol. The number of carbonyl (C=O) groups excluding carboxylic acids is 2. The monoisotopic (exact) mass is 619 g/mol. The molecule has 0 spiro atoms. The maximum Gasteiger partial charge on any atom is 0.268 e. The summed E-state index contributed by atoms with van der Waals surface area (Å²) in [5, 5.41) is 5.03. The number of nitrogens with zero attached hydrogens (tertiary/aromatic N) is 3. The average Bonchev–Trinajstić information content (AvgIpc) is 2.96. The third-order valence-corrected chi connectivity index (χ3v) is 8.84. The molecule has 1 aliphatic rings. The highest BCUT2D eigenvalue weighted by Gasteiger charge is 2.42. The Morgan fingerprint density at radius 2 is 1.46 bits per heavy atom. The number of hydrogen-bond acceptors (Lipinski definition) is 3. The predicted molar refractivity (Wildman–Crippen MR) is 170 cm³/mol. The molecule has 0 bridgehead atoms. The summed E-state index contributed by atoms with van der Waals surface area (Å²) in [6, 6.07) is 23.9. The van der Waals surface area contributed by atoms with Crippen LogP contribution in [0.1, 0.15) is 59.7 Å². The van der Waals surface area contributed by atoms with E-state index < -0.39 is 0 Å². The Bertz CT molecular complexity index is 1300. The molecule has 1 heterocycles. The molecule has 0 aromatic heterocycles. The van der Waals surface area contributed by atoms with Gasteiger partial charge in [0.2, 0.25) is 5.91 Å². The molecular formula is C32H40Cl3N3O3. The zero-order chi connectivity index (χ0) is 28.0. The fourth-order valence-corrected chi connectivity index (χ4v) is 5.94. The smallest absolute Gasteiger partial charge is 0.268 e. The number of hydrogen-bond donors (Lipinski definition) is 0. The van der Waals surface area contributed by atoms with E-state index in [-0.39, 0.29) is 35.2 Å². The molecule has 1 saturated heterocycles.